The molecule has 0 spiro atoms. The molecule has 0 fully saturated rings. The Bertz CT molecular complexity index is 257. The number of hydrogen-bond donors (Lipinski definition) is 0. The number of carbonyl (C=O) groups excluding carboxylic acids is 1. The van der Waals surface area contributed by atoms with Crippen LogP contribution in [0.4, 0.5) is 0 Å². The fraction of sp³-hybridized carbons (Fsp3) is 0.615. The van der Waals surface area contributed by atoms with Crippen LogP contribution in [0.1, 0.15) is 34.1 Å². The van der Waals surface area contributed by atoms with Gasteiger partial charge < -0.3 is 4.43 Å². The molecule has 0 saturated carbocycles. The Morgan fingerprint density at radius 3 is 2.06 bits per heavy atom. The van der Waals surface area contributed by atoms with E-state index in [-0.39, 0.29) is 5.78 Å². The van der Waals surface area contributed by atoms with Gasteiger partial charge in [0.15, 0.2) is 0 Å². The molecule has 3 heteroatoms. The second-order valence-corrected chi connectivity index (χ2v) is 8.75. The molecule has 2 nitrogen and oxygen atoms in total. The lowest BCUT2D eigenvalue weighted by atomic mass is 10.3. The fourth-order valence-electron chi connectivity index (χ4n) is 1.63. The van der Waals surface area contributed by atoms with Gasteiger partial charge >= 0.3 is 0 Å². The number of hydrogen-bond acceptors (Lipinski definition) is 2. The average molecular weight is 240 g/mol. The highest BCUT2D eigenvalue weighted by Crippen LogP contribution is 2.25. The molecule has 0 amide bonds. The number of carbonyl (C=O) groups is 1. The molecule has 0 atom stereocenters. The third-order valence-corrected chi connectivity index (χ3v) is 7.59. The molecule has 0 radical (unpaired) electrons. The fourth-order valence-corrected chi connectivity index (χ4v) is 4.23. The average Bonchev–Trinajstić information content (AvgIpc) is 2.30. The van der Waals surface area contributed by atoms with E-state index >= 15 is 0 Å². The summed E-state index contributed by atoms with van der Waals surface area (Å²) in [6, 6.07) is 3.31. The summed E-state index contributed by atoms with van der Waals surface area (Å²) >= 11 is 0. The normalized spacial score (nSPS) is 12.4. The van der Waals surface area contributed by atoms with Crippen molar-refractivity contribution >= 4 is 14.1 Å². The standard InChI is InChI=1S/C13H24O2Si/c1-6-13(11-10-12(5)14)15-16(7-2,8-3)9-4/h6,11H,1,7-10H2,2-5H3. The minimum atomic E-state index is -1.62. The van der Waals surface area contributed by atoms with Gasteiger partial charge in [-0.3, -0.25) is 4.79 Å². The summed E-state index contributed by atoms with van der Waals surface area (Å²) in [6.07, 6.45) is 3.99. The molecular weight excluding hydrogens is 216 g/mol. The van der Waals surface area contributed by atoms with E-state index in [1.165, 1.54) is 0 Å². The third-order valence-electron chi connectivity index (χ3n) is 3.06. The Hall–Kier alpha value is -0.833. The topological polar surface area (TPSA) is 26.3 Å². The number of Topliss-reactive ketones (excluding diaryl/α,β-unsaturated/α-hetero) is 1. The molecule has 0 rings (SSSR count). The van der Waals surface area contributed by atoms with E-state index in [1.807, 2.05) is 6.08 Å². The van der Waals surface area contributed by atoms with E-state index in [0.717, 1.165) is 23.9 Å². The molecule has 0 aliphatic heterocycles. The van der Waals surface area contributed by atoms with E-state index in [9.17, 15) is 4.79 Å². The van der Waals surface area contributed by atoms with Crippen molar-refractivity contribution in [2.45, 2.75) is 52.2 Å². The summed E-state index contributed by atoms with van der Waals surface area (Å²) in [5.41, 5.74) is 0. The second kappa shape index (κ2) is 7.44. The SMILES string of the molecule is C=CC(=CCC(C)=O)O[Si](CC)(CC)CC. The van der Waals surface area contributed by atoms with Crippen molar-refractivity contribution in [3.63, 3.8) is 0 Å². The second-order valence-electron chi connectivity index (χ2n) is 4.06. The molecule has 16 heavy (non-hydrogen) atoms. The highest BCUT2D eigenvalue weighted by Gasteiger charge is 2.30. The largest absolute Gasteiger partial charge is 0.544 e. The van der Waals surface area contributed by atoms with Gasteiger partial charge in [0.1, 0.15) is 5.78 Å². The van der Waals surface area contributed by atoms with Gasteiger partial charge in [-0.15, -0.1) is 0 Å². The minimum Gasteiger partial charge on any atom is -0.544 e. The van der Waals surface area contributed by atoms with Crippen LogP contribution in [0.2, 0.25) is 18.1 Å². The predicted molar refractivity (Wildman–Crippen MR) is 71.9 cm³/mol. The lowest BCUT2D eigenvalue weighted by Gasteiger charge is -2.29. The van der Waals surface area contributed by atoms with Gasteiger partial charge in [-0.2, -0.15) is 0 Å². The Morgan fingerprint density at radius 1 is 1.25 bits per heavy atom. The summed E-state index contributed by atoms with van der Waals surface area (Å²) < 4.78 is 6.12. The molecule has 0 saturated heterocycles. The van der Waals surface area contributed by atoms with E-state index < -0.39 is 8.32 Å². The van der Waals surface area contributed by atoms with Crippen LogP contribution in [0.5, 0.6) is 0 Å². The Labute approximate surface area is 101 Å². The molecule has 0 unspecified atom stereocenters. The van der Waals surface area contributed by atoms with Crippen LogP contribution in [0.25, 0.3) is 0 Å². The van der Waals surface area contributed by atoms with Crippen LogP contribution in [-0.4, -0.2) is 14.1 Å². The molecule has 0 aliphatic carbocycles. The van der Waals surface area contributed by atoms with Crippen molar-refractivity contribution in [2.75, 3.05) is 0 Å². The molecule has 0 aliphatic rings. The summed E-state index contributed by atoms with van der Waals surface area (Å²) in [7, 11) is -1.62. The molecule has 0 aromatic rings. The van der Waals surface area contributed by atoms with Gasteiger partial charge in [0, 0.05) is 6.42 Å². The zero-order valence-electron chi connectivity index (χ0n) is 11.0. The number of rotatable bonds is 8. The lowest BCUT2D eigenvalue weighted by Crippen LogP contribution is -2.35. The van der Waals surface area contributed by atoms with E-state index in [2.05, 4.69) is 27.4 Å². The van der Waals surface area contributed by atoms with E-state index in [1.54, 1.807) is 13.0 Å². The Kier molecular flexibility index (Phi) is 7.05. The van der Waals surface area contributed by atoms with Crippen LogP contribution >= 0.6 is 0 Å². The Balaban J connectivity index is 4.67. The lowest BCUT2D eigenvalue weighted by molar-refractivity contribution is -0.116. The zero-order valence-corrected chi connectivity index (χ0v) is 12.0. The van der Waals surface area contributed by atoms with Crippen LogP contribution in [0.3, 0.4) is 0 Å². The number of allylic oxidation sites excluding steroid dienone is 2. The van der Waals surface area contributed by atoms with Crippen LogP contribution < -0.4 is 0 Å². The van der Waals surface area contributed by atoms with Crippen molar-refractivity contribution in [2.24, 2.45) is 0 Å². The summed E-state index contributed by atoms with van der Waals surface area (Å²) in [5.74, 6) is 0.937. The van der Waals surface area contributed by atoms with Crippen molar-refractivity contribution in [1.29, 1.82) is 0 Å². The molecule has 92 valence electrons. The van der Waals surface area contributed by atoms with Gasteiger partial charge in [0.05, 0.1) is 5.76 Å². The first-order chi connectivity index (χ1) is 7.53. The quantitative estimate of drug-likeness (QED) is 0.363. The van der Waals surface area contributed by atoms with Gasteiger partial charge in [0.25, 0.3) is 0 Å². The molecule has 0 bridgehead atoms. The van der Waals surface area contributed by atoms with Crippen LogP contribution in [-0.2, 0) is 9.22 Å². The van der Waals surface area contributed by atoms with E-state index in [4.69, 9.17) is 4.43 Å². The van der Waals surface area contributed by atoms with Crippen LogP contribution in [0, 0.1) is 0 Å². The highest BCUT2D eigenvalue weighted by atomic mass is 28.4. The monoisotopic (exact) mass is 240 g/mol. The van der Waals surface area contributed by atoms with Crippen molar-refractivity contribution < 1.29 is 9.22 Å². The highest BCUT2D eigenvalue weighted by molar-refractivity contribution is 6.73. The summed E-state index contributed by atoms with van der Waals surface area (Å²) in [5, 5.41) is 0. The first-order valence-corrected chi connectivity index (χ1v) is 8.57. The van der Waals surface area contributed by atoms with Gasteiger partial charge in [-0.25, -0.2) is 0 Å². The van der Waals surface area contributed by atoms with E-state index in [0.29, 0.717) is 6.42 Å². The maximum absolute atomic E-state index is 10.9. The van der Waals surface area contributed by atoms with Gasteiger partial charge in [-0.05, 0) is 37.2 Å². The smallest absolute Gasteiger partial charge is 0.250 e. The van der Waals surface area contributed by atoms with Gasteiger partial charge in [-0.1, -0.05) is 27.4 Å². The van der Waals surface area contributed by atoms with Crippen molar-refractivity contribution in [1.82, 2.24) is 0 Å². The molecule has 0 N–H and O–H groups in total. The van der Waals surface area contributed by atoms with Crippen molar-refractivity contribution in [3.8, 4) is 0 Å². The zero-order chi connectivity index (χ0) is 12.6. The van der Waals surface area contributed by atoms with Gasteiger partial charge in [0.2, 0.25) is 8.32 Å². The van der Waals surface area contributed by atoms with Crippen LogP contribution in [0.15, 0.2) is 24.5 Å². The molecule has 0 heterocycles. The summed E-state index contributed by atoms with van der Waals surface area (Å²) in [4.78, 5) is 10.9. The third kappa shape index (κ3) is 4.79. The molecule has 0 aromatic heterocycles. The maximum Gasteiger partial charge on any atom is 0.250 e. The minimum absolute atomic E-state index is 0.153. The first-order valence-electron chi connectivity index (χ1n) is 6.04. The molecular formula is C13H24O2Si. The predicted octanol–water partition coefficient (Wildman–Crippen LogP) is 4.06. The molecule has 0 aromatic carbocycles. The Morgan fingerprint density at radius 2 is 1.75 bits per heavy atom. The maximum atomic E-state index is 10.9. The number of ketones is 1. The van der Waals surface area contributed by atoms with Crippen molar-refractivity contribution in [3.05, 3.63) is 24.5 Å². The first kappa shape index (κ1) is 15.2. The summed E-state index contributed by atoms with van der Waals surface area (Å²) in [6.45, 7) is 11.9.